The molecule has 0 aliphatic carbocycles. The van der Waals surface area contributed by atoms with Crippen molar-refractivity contribution in [3.05, 3.63) is 29.3 Å². The molecule has 0 heterocycles. The number of para-hydroxylation sites is 1. The lowest BCUT2D eigenvalue weighted by atomic mass is 10.1. The van der Waals surface area contributed by atoms with E-state index in [1.165, 1.54) is 20.2 Å². The van der Waals surface area contributed by atoms with Gasteiger partial charge >= 0.3 is 0 Å². The first kappa shape index (κ1) is 14.6. The largest absolute Gasteiger partial charge is 0.492 e. The van der Waals surface area contributed by atoms with Crippen LogP contribution < -0.4 is 14.8 Å². The molecular formula is C14H16N2O3. The molecule has 5 heteroatoms. The molecule has 0 bridgehead atoms. The van der Waals surface area contributed by atoms with Gasteiger partial charge in [-0.1, -0.05) is 12.1 Å². The van der Waals surface area contributed by atoms with Crippen LogP contribution in [0, 0.1) is 11.3 Å². The minimum atomic E-state index is -0.439. The first-order valence-electron chi connectivity index (χ1n) is 5.81. The van der Waals surface area contributed by atoms with Crippen molar-refractivity contribution in [3.8, 4) is 17.6 Å². The van der Waals surface area contributed by atoms with Gasteiger partial charge in [-0.3, -0.25) is 4.79 Å². The van der Waals surface area contributed by atoms with Crippen LogP contribution in [-0.2, 0) is 4.79 Å². The summed E-state index contributed by atoms with van der Waals surface area (Å²) in [5, 5.41) is 11.4. The Balaban J connectivity index is 3.27. The predicted octanol–water partition coefficient (Wildman–Crippen LogP) is 1.75. The summed E-state index contributed by atoms with van der Waals surface area (Å²) in [7, 11) is 2.99. The molecule has 19 heavy (non-hydrogen) atoms. The molecule has 0 unspecified atom stereocenters. The van der Waals surface area contributed by atoms with E-state index in [0.717, 1.165) is 0 Å². The first-order valence-corrected chi connectivity index (χ1v) is 5.81. The van der Waals surface area contributed by atoms with Gasteiger partial charge in [0.05, 0.1) is 13.7 Å². The molecule has 0 radical (unpaired) electrons. The lowest BCUT2D eigenvalue weighted by molar-refractivity contribution is -0.116. The Morgan fingerprint density at radius 3 is 2.79 bits per heavy atom. The van der Waals surface area contributed by atoms with Crippen molar-refractivity contribution in [1.29, 1.82) is 5.26 Å². The Hall–Kier alpha value is -2.48. The monoisotopic (exact) mass is 260 g/mol. The van der Waals surface area contributed by atoms with Crippen LogP contribution in [0.25, 0.3) is 6.08 Å². The highest BCUT2D eigenvalue weighted by Crippen LogP contribution is 2.32. The molecule has 0 spiro atoms. The number of amides is 1. The fourth-order valence-electron chi connectivity index (χ4n) is 1.57. The average Bonchev–Trinajstić information content (AvgIpc) is 2.44. The van der Waals surface area contributed by atoms with Crippen LogP contribution in [0.3, 0.4) is 0 Å². The zero-order chi connectivity index (χ0) is 14.3. The van der Waals surface area contributed by atoms with Crippen molar-refractivity contribution in [2.75, 3.05) is 20.8 Å². The molecule has 5 nitrogen and oxygen atoms in total. The first-order chi connectivity index (χ1) is 9.17. The maximum absolute atomic E-state index is 11.5. The Bertz CT molecular complexity index is 530. The second kappa shape index (κ2) is 7.07. The van der Waals surface area contributed by atoms with E-state index in [2.05, 4.69) is 5.32 Å². The van der Waals surface area contributed by atoms with Crippen molar-refractivity contribution < 1.29 is 14.3 Å². The summed E-state index contributed by atoms with van der Waals surface area (Å²) >= 11 is 0. The zero-order valence-electron chi connectivity index (χ0n) is 11.2. The molecule has 1 rings (SSSR count). The summed E-state index contributed by atoms with van der Waals surface area (Å²) in [4.78, 5) is 11.5. The molecule has 0 aliphatic rings. The fourth-order valence-corrected chi connectivity index (χ4v) is 1.57. The third-order valence-corrected chi connectivity index (χ3v) is 2.41. The van der Waals surface area contributed by atoms with Gasteiger partial charge in [0.15, 0.2) is 11.5 Å². The van der Waals surface area contributed by atoms with Gasteiger partial charge in [-0.2, -0.15) is 5.26 Å². The SMILES string of the molecule is CCOc1cccc(/C=C(\C#N)C(=O)NC)c1OC. The summed E-state index contributed by atoms with van der Waals surface area (Å²) in [6.07, 6.45) is 1.47. The number of carbonyl (C=O) groups excluding carboxylic acids is 1. The number of nitrogens with zero attached hydrogens (tertiary/aromatic N) is 1. The second-order valence-electron chi connectivity index (χ2n) is 3.56. The number of ether oxygens (including phenoxy) is 2. The molecule has 1 N–H and O–H groups in total. The number of rotatable bonds is 5. The van der Waals surface area contributed by atoms with Crippen molar-refractivity contribution in [2.24, 2.45) is 0 Å². The molecule has 0 aliphatic heterocycles. The summed E-state index contributed by atoms with van der Waals surface area (Å²) in [5.74, 6) is 0.639. The molecular weight excluding hydrogens is 244 g/mol. The molecule has 0 atom stereocenters. The van der Waals surface area contributed by atoms with Crippen molar-refractivity contribution in [1.82, 2.24) is 5.32 Å². The maximum Gasteiger partial charge on any atom is 0.261 e. The van der Waals surface area contributed by atoms with Gasteiger partial charge in [0.2, 0.25) is 0 Å². The quantitative estimate of drug-likeness (QED) is 0.646. The minimum Gasteiger partial charge on any atom is -0.492 e. The summed E-state index contributed by atoms with van der Waals surface area (Å²) in [5.41, 5.74) is 0.628. The van der Waals surface area contributed by atoms with Crippen LogP contribution in [0.2, 0.25) is 0 Å². The normalized spacial score (nSPS) is 10.5. The van der Waals surface area contributed by atoms with Crippen LogP contribution in [0.4, 0.5) is 0 Å². The van der Waals surface area contributed by atoms with Crippen molar-refractivity contribution in [3.63, 3.8) is 0 Å². The van der Waals surface area contributed by atoms with Crippen LogP contribution in [0.5, 0.6) is 11.5 Å². The van der Waals surface area contributed by atoms with Gasteiger partial charge in [-0.05, 0) is 19.1 Å². The zero-order valence-corrected chi connectivity index (χ0v) is 11.2. The van der Waals surface area contributed by atoms with E-state index < -0.39 is 5.91 Å². The van der Waals surface area contributed by atoms with E-state index in [4.69, 9.17) is 14.7 Å². The number of nitrogens with one attached hydrogen (secondary N) is 1. The smallest absolute Gasteiger partial charge is 0.261 e. The molecule has 1 aromatic rings. The van der Waals surface area contributed by atoms with Gasteiger partial charge in [-0.25, -0.2) is 0 Å². The van der Waals surface area contributed by atoms with Gasteiger partial charge in [0.25, 0.3) is 5.91 Å². The van der Waals surface area contributed by atoms with Crippen LogP contribution >= 0.6 is 0 Å². The molecule has 1 amide bonds. The van der Waals surface area contributed by atoms with E-state index in [9.17, 15) is 4.79 Å². The summed E-state index contributed by atoms with van der Waals surface area (Å²) in [6.45, 7) is 2.37. The molecule has 100 valence electrons. The number of carbonyl (C=O) groups is 1. The Labute approximate surface area is 112 Å². The Kier molecular flexibility index (Phi) is 5.42. The number of hydrogen-bond donors (Lipinski definition) is 1. The molecule has 0 saturated carbocycles. The third-order valence-electron chi connectivity index (χ3n) is 2.41. The number of likely N-dealkylation sites (N-methyl/N-ethyl adjacent to an activating group) is 1. The topological polar surface area (TPSA) is 71.3 Å². The highest BCUT2D eigenvalue weighted by molar-refractivity contribution is 6.01. The minimum absolute atomic E-state index is 0.00875. The molecule has 1 aromatic carbocycles. The average molecular weight is 260 g/mol. The Morgan fingerprint density at radius 1 is 1.53 bits per heavy atom. The maximum atomic E-state index is 11.5. The molecule has 0 aromatic heterocycles. The lowest BCUT2D eigenvalue weighted by Gasteiger charge is -2.11. The summed E-state index contributed by atoms with van der Waals surface area (Å²) in [6, 6.07) is 7.15. The van der Waals surface area contributed by atoms with Gasteiger partial charge < -0.3 is 14.8 Å². The van der Waals surface area contributed by atoms with Crippen LogP contribution in [0.15, 0.2) is 23.8 Å². The van der Waals surface area contributed by atoms with E-state index in [0.29, 0.717) is 23.7 Å². The van der Waals surface area contributed by atoms with E-state index >= 15 is 0 Å². The highest BCUT2D eigenvalue weighted by Gasteiger charge is 2.12. The highest BCUT2D eigenvalue weighted by atomic mass is 16.5. The second-order valence-corrected chi connectivity index (χ2v) is 3.56. The van der Waals surface area contributed by atoms with Gasteiger partial charge in [0.1, 0.15) is 11.6 Å². The molecule has 0 fully saturated rings. The number of methoxy groups -OCH3 is 1. The van der Waals surface area contributed by atoms with Crippen LogP contribution in [-0.4, -0.2) is 26.7 Å². The number of benzene rings is 1. The third kappa shape index (κ3) is 3.49. The van der Waals surface area contributed by atoms with Crippen LogP contribution in [0.1, 0.15) is 12.5 Å². The van der Waals surface area contributed by atoms with Gasteiger partial charge in [0, 0.05) is 12.6 Å². The van der Waals surface area contributed by atoms with Crippen molar-refractivity contribution >= 4 is 12.0 Å². The van der Waals surface area contributed by atoms with Gasteiger partial charge in [-0.15, -0.1) is 0 Å². The number of hydrogen-bond acceptors (Lipinski definition) is 4. The fraction of sp³-hybridized carbons (Fsp3) is 0.286. The number of nitriles is 1. The predicted molar refractivity (Wildman–Crippen MR) is 71.8 cm³/mol. The van der Waals surface area contributed by atoms with E-state index in [1.54, 1.807) is 18.2 Å². The Morgan fingerprint density at radius 2 is 2.26 bits per heavy atom. The van der Waals surface area contributed by atoms with E-state index in [1.807, 2.05) is 13.0 Å². The standard InChI is InChI=1S/C14H16N2O3/c1-4-19-12-7-5-6-10(13(12)18-3)8-11(9-15)14(17)16-2/h5-8H,4H2,1-3H3,(H,16,17)/b11-8+. The summed E-state index contributed by atoms with van der Waals surface area (Å²) < 4.78 is 10.7. The lowest BCUT2D eigenvalue weighted by Crippen LogP contribution is -2.19. The van der Waals surface area contributed by atoms with Crippen molar-refractivity contribution in [2.45, 2.75) is 6.92 Å². The van der Waals surface area contributed by atoms with E-state index in [-0.39, 0.29) is 5.57 Å². The molecule has 0 saturated heterocycles.